The van der Waals surface area contributed by atoms with Gasteiger partial charge >= 0.3 is 5.97 Å². The summed E-state index contributed by atoms with van der Waals surface area (Å²) in [5.41, 5.74) is 0.806. The lowest BCUT2D eigenvalue weighted by Gasteiger charge is -2.11. The summed E-state index contributed by atoms with van der Waals surface area (Å²) in [5, 5.41) is 12.2. The van der Waals surface area contributed by atoms with Crippen LogP contribution in [0.1, 0.15) is 18.5 Å². The Labute approximate surface area is 104 Å². The van der Waals surface area contributed by atoms with Gasteiger partial charge in [0.1, 0.15) is 6.04 Å². The molecule has 0 spiro atoms. The molecule has 2 N–H and O–H groups in total. The number of hydrogen-bond donors (Lipinski definition) is 2. The first-order valence-electron chi connectivity index (χ1n) is 5.99. The van der Waals surface area contributed by atoms with Crippen molar-refractivity contribution in [1.82, 2.24) is 19.7 Å². The molecule has 6 heteroatoms. The summed E-state index contributed by atoms with van der Waals surface area (Å²) in [6, 6.07) is 1.37. The molecule has 1 unspecified atom stereocenters. The Kier molecular flexibility index (Phi) is 2.71. The van der Waals surface area contributed by atoms with E-state index in [2.05, 4.69) is 15.3 Å². The van der Waals surface area contributed by atoms with Crippen LogP contribution in [0.3, 0.4) is 0 Å². The van der Waals surface area contributed by atoms with Gasteiger partial charge in [-0.2, -0.15) is 0 Å². The van der Waals surface area contributed by atoms with E-state index < -0.39 is 12.0 Å². The van der Waals surface area contributed by atoms with Crippen LogP contribution in [-0.4, -0.2) is 31.5 Å². The summed E-state index contributed by atoms with van der Waals surface area (Å²) in [6.45, 7) is 0.455. The molecule has 0 amide bonds. The van der Waals surface area contributed by atoms with Crippen LogP contribution in [0.25, 0.3) is 5.78 Å². The van der Waals surface area contributed by atoms with Crippen molar-refractivity contribution in [3.05, 3.63) is 30.4 Å². The third-order valence-electron chi connectivity index (χ3n) is 3.15. The molecule has 2 heterocycles. The number of carboxylic acids is 1. The van der Waals surface area contributed by atoms with E-state index >= 15 is 0 Å². The maximum Gasteiger partial charge on any atom is 0.320 e. The molecule has 0 aliphatic heterocycles. The number of aromatic nitrogens is 3. The summed E-state index contributed by atoms with van der Waals surface area (Å²) in [6.07, 6.45) is 7.41. The van der Waals surface area contributed by atoms with Gasteiger partial charge in [0.05, 0.1) is 5.69 Å². The molecule has 1 fully saturated rings. The van der Waals surface area contributed by atoms with Gasteiger partial charge in [-0.3, -0.25) is 14.5 Å². The topological polar surface area (TPSA) is 79.5 Å². The number of carboxylic acid groups (broad SMARTS) is 1. The van der Waals surface area contributed by atoms with Gasteiger partial charge in [0, 0.05) is 25.1 Å². The highest BCUT2D eigenvalue weighted by molar-refractivity contribution is 5.74. The minimum atomic E-state index is -0.778. The van der Waals surface area contributed by atoms with E-state index in [1.165, 1.54) is 0 Å². The smallest absolute Gasteiger partial charge is 0.320 e. The second-order valence-corrected chi connectivity index (χ2v) is 4.59. The summed E-state index contributed by atoms with van der Waals surface area (Å²) in [4.78, 5) is 19.5. The van der Waals surface area contributed by atoms with Crippen LogP contribution in [0.5, 0.6) is 0 Å². The number of hydrogen-bond acceptors (Lipinski definition) is 4. The van der Waals surface area contributed by atoms with Gasteiger partial charge < -0.3 is 5.11 Å². The largest absolute Gasteiger partial charge is 0.480 e. The van der Waals surface area contributed by atoms with Crippen LogP contribution < -0.4 is 5.32 Å². The van der Waals surface area contributed by atoms with Gasteiger partial charge in [0.15, 0.2) is 0 Å². The Morgan fingerprint density at radius 1 is 1.61 bits per heavy atom. The van der Waals surface area contributed by atoms with E-state index in [4.69, 9.17) is 5.11 Å². The molecule has 0 aromatic carbocycles. The summed E-state index contributed by atoms with van der Waals surface area (Å²) >= 11 is 0. The van der Waals surface area contributed by atoms with Gasteiger partial charge in [0.25, 0.3) is 0 Å². The van der Waals surface area contributed by atoms with Gasteiger partial charge in [-0.05, 0) is 24.8 Å². The number of aliphatic carboxylic acids is 1. The first-order chi connectivity index (χ1) is 8.74. The maximum absolute atomic E-state index is 11.1. The Bertz CT molecular complexity index is 543. The number of imidazole rings is 1. The van der Waals surface area contributed by atoms with Gasteiger partial charge in [-0.1, -0.05) is 0 Å². The van der Waals surface area contributed by atoms with Crippen LogP contribution >= 0.6 is 0 Å². The molecule has 18 heavy (non-hydrogen) atoms. The van der Waals surface area contributed by atoms with Gasteiger partial charge in [0.2, 0.25) is 5.78 Å². The lowest BCUT2D eigenvalue weighted by Crippen LogP contribution is -2.38. The normalized spacial score (nSPS) is 16.9. The lowest BCUT2D eigenvalue weighted by atomic mass is 10.2. The molecular weight excluding hydrogens is 232 g/mol. The van der Waals surface area contributed by atoms with Crippen molar-refractivity contribution >= 4 is 11.7 Å². The molecular formula is C12H14N4O2. The Balaban J connectivity index is 1.70. The first-order valence-corrected chi connectivity index (χ1v) is 5.99. The molecule has 2 aromatic heterocycles. The summed E-state index contributed by atoms with van der Waals surface area (Å²) in [7, 11) is 0. The van der Waals surface area contributed by atoms with Gasteiger partial charge in [-0.25, -0.2) is 9.97 Å². The molecule has 0 radical (unpaired) electrons. The zero-order chi connectivity index (χ0) is 12.5. The predicted octanol–water partition coefficient (Wildman–Crippen LogP) is 0.682. The molecule has 1 atom stereocenters. The van der Waals surface area contributed by atoms with Crippen molar-refractivity contribution in [3.63, 3.8) is 0 Å². The second-order valence-electron chi connectivity index (χ2n) is 4.59. The Morgan fingerprint density at radius 3 is 3.11 bits per heavy atom. The third kappa shape index (κ3) is 2.19. The van der Waals surface area contributed by atoms with E-state index in [9.17, 15) is 4.79 Å². The average molecular weight is 246 g/mol. The van der Waals surface area contributed by atoms with Gasteiger partial charge in [-0.15, -0.1) is 0 Å². The van der Waals surface area contributed by atoms with Crippen molar-refractivity contribution in [2.24, 2.45) is 5.92 Å². The minimum absolute atomic E-state index is 0.276. The molecule has 0 saturated heterocycles. The van der Waals surface area contributed by atoms with E-state index in [1.54, 1.807) is 6.20 Å². The SMILES string of the molecule is O=C(O)C(NCc1cn2cccnc2n1)C1CC1. The van der Waals surface area contributed by atoms with Crippen LogP contribution in [0, 0.1) is 5.92 Å². The first kappa shape index (κ1) is 11.2. The third-order valence-corrected chi connectivity index (χ3v) is 3.15. The van der Waals surface area contributed by atoms with Crippen molar-refractivity contribution in [1.29, 1.82) is 0 Å². The zero-order valence-corrected chi connectivity index (χ0v) is 9.78. The van der Waals surface area contributed by atoms with Crippen molar-refractivity contribution in [2.45, 2.75) is 25.4 Å². The summed E-state index contributed by atoms with van der Waals surface area (Å²) in [5.74, 6) is 0.129. The number of rotatable bonds is 5. The van der Waals surface area contributed by atoms with E-state index in [-0.39, 0.29) is 5.92 Å². The van der Waals surface area contributed by atoms with Crippen molar-refractivity contribution in [2.75, 3.05) is 0 Å². The predicted molar refractivity (Wildman–Crippen MR) is 64.0 cm³/mol. The second kappa shape index (κ2) is 4.38. The van der Waals surface area contributed by atoms with E-state index in [0.29, 0.717) is 12.3 Å². The molecule has 94 valence electrons. The molecule has 1 saturated carbocycles. The van der Waals surface area contributed by atoms with Crippen LogP contribution in [0.15, 0.2) is 24.7 Å². The monoisotopic (exact) mass is 246 g/mol. The molecule has 1 aliphatic carbocycles. The fourth-order valence-corrected chi connectivity index (χ4v) is 2.06. The molecule has 1 aliphatic rings. The number of nitrogens with one attached hydrogen (secondary N) is 1. The molecule has 2 aromatic rings. The minimum Gasteiger partial charge on any atom is -0.480 e. The highest BCUT2D eigenvalue weighted by atomic mass is 16.4. The zero-order valence-electron chi connectivity index (χ0n) is 9.78. The Hall–Kier alpha value is -1.95. The highest BCUT2D eigenvalue weighted by Crippen LogP contribution is 2.32. The lowest BCUT2D eigenvalue weighted by molar-refractivity contribution is -0.140. The highest BCUT2D eigenvalue weighted by Gasteiger charge is 2.35. The summed E-state index contributed by atoms with van der Waals surface area (Å²) < 4.78 is 1.82. The Morgan fingerprint density at radius 2 is 2.44 bits per heavy atom. The molecule has 3 rings (SSSR count). The van der Waals surface area contributed by atoms with Crippen LogP contribution in [-0.2, 0) is 11.3 Å². The number of fused-ring (bicyclic) bond motifs is 1. The average Bonchev–Trinajstić information content (AvgIpc) is 3.08. The quantitative estimate of drug-likeness (QED) is 0.811. The number of nitrogens with zero attached hydrogens (tertiary/aromatic N) is 3. The van der Waals surface area contributed by atoms with Crippen molar-refractivity contribution in [3.8, 4) is 0 Å². The van der Waals surface area contributed by atoms with E-state index in [1.807, 2.05) is 22.9 Å². The fraction of sp³-hybridized carbons (Fsp3) is 0.417. The van der Waals surface area contributed by atoms with Crippen LogP contribution in [0.2, 0.25) is 0 Å². The maximum atomic E-state index is 11.1. The molecule has 6 nitrogen and oxygen atoms in total. The molecule has 0 bridgehead atoms. The van der Waals surface area contributed by atoms with Crippen LogP contribution in [0.4, 0.5) is 0 Å². The van der Waals surface area contributed by atoms with Crippen molar-refractivity contribution < 1.29 is 9.90 Å². The van der Waals surface area contributed by atoms with E-state index in [0.717, 1.165) is 18.5 Å². The number of carbonyl (C=O) groups is 1. The fourth-order valence-electron chi connectivity index (χ4n) is 2.06. The standard InChI is InChI=1S/C12H14N4O2/c17-11(18)10(8-2-3-8)14-6-9-7-16-5-1-4-13-12(16)15-9/h1,4-5,7-8,10,14H,2-3,6H2,(H,17,18).